The summed E-state index contributed by atoms with van der Waals surface area (Å²) in [6.45, 7) is -0.466. The fourth-order valence-electron chi connectivity index (χ4n) is 5.27. The number of H-pyrrole nitrogens is 1. The average Bonchev–Trinajstić information content (AvgIpc) is 3.55. The number of carbonyl (C=O) groups excluding carboxylic acids is 5. The Balaban J connectivity index is 1.60. The third-order valence-electron chi connectivity index (χ3n) is 7.82. The van der Waals surface area contributed by atoms with Gasteiger partial charge < -0.3 is 36.9 Å². The van der Waals surface area contributed by atoms with Gasteiger partial charge in [-0.05, 0) is 55.2 Å². The molecule has 7 N–H and O–H groups in total. The molecule has 0 spiro atoms. The van der Waals surface area contributed by atoms with E-state index in [4.69, 9.17) is 11.5 Å². The molecule has 1 unspecified atom stereocenters. The van der Waals surface area contributed by atoms with Crippen LogP contribution in [0.25, 0.3) is 10.9 Å². The number of fused-ring (bicyclic) bond motifs is 1. The SMILES string of the molecule is NC(=O)NCCCC(N)C(=O)N(CC(=O)N(CCc1c[nH]c2ccccc12)CC(=O)N(CC(=O)NCCS)c1cccnc1)c1cccnc1. The van der Waals surface area contributed by atoms with Crippen LogP contribution in [-0.4, -0.2) is 101 Å². The van der Waals surface area contributed by atoms with Gasteiger partial charge in [0, 0.05) is 54.9 Å². The van der Waals surface area contributed by atoms with Gasteiger partial charge >= 0.3 is 6.03 Å². The number of primary amides is 1. The van der Waals surface area contributed by atoms with Crippen molar-refractivity contribution in [3.05, 3.63) is 85.1 Å². The van der Waals surface area contributed by atoms with E-state index >= 15 is 0 Å². The molecule has 0 aliphatic heterocycles. The topological polar surface area (TPSA) is 213 Å². The molecule has 1 aromatic carbocycles. The van der Waals surface area contributed by atoms with Crippen LogP contribution in [-0.2, 0) is 25.6 Å². The van der Waals surface area contributed by atoms with Crippen molar-refractivity contribution >= 4 is 64.6 Å². The Morgan fingerprint density at radius 1 is 0.840 bits per heavy atom. The molecule has 3 heterocycles. The number of benzene rings is 1. The number of carbonyl (C=O) groups is 5. The summed E-state index contributed by atoms with van der Waals surface area (Å²) in [5, 5.41) is 6.15. The Bertz CT molecular complexity index is 1740. The fourth-order valence-corrected chi connectivity index (χ4v) is 5.38. The minimum atomic E-state index is -1.00. The molecule has 3 aromatic heterocycles. The highest BCUT2D eigenvalue weighted by atomic mass is 32.1. The van der Waals surface area contributed by atoms with Gasteiger partial charge in [-0.25, -0.2) is 4.79 Å². The number of thiol groups is 1. The molecule has 1 atom stereocenters. The van der Waals surface area contributed by atoms with Crippen LogP contribution in [0.4, 0.5) is 16.2 Å². The quantitative estimate of drug-likeness (QED) is 0.0654. The monoisotopic (exact) mass is 702 g/mol. The van der Waals surface area contributed by atoms with Gasteiger partial charge in [-0.15, -0.1) is 0 Å². The molecule has 264 valence electrons. The zero-order valence-corrected chi connectivity index (χ0v) is 28.4. The maximum atomic E-state index is 14.2. The van der Waals surface area contributed by atoms with Crippen molar-refractivity contribution in [3.63, 3.8) is 0 Å². The molecule has 16 heteroatoms. The molecule has 0 aliphatic carbocycles. The van der Waals surface area contributed by atoms with Gasteiger partial charge in [-0.3, -0.25) is 34.0 Å². The number of nitrogens with zero attached hydrogens (tertiary/aromatic N) is 5. The Hall–Kier alpha value is -5.48. The number of nitrogens with two attached hydrogens (primary N) is 2. The lowest BCUT2D eigenvalue weighted by Gasteiger charge is -2.30. The Kier molecular flexibility index (Phi) is 14.1. The summed E-state index contributed by atoms with van der Waals surface area (Å²) in [5.74, 6) is -1.57. The van der Waals surface area contributed by atoms with E-state index in [9.17, 15) is 24.0 Å². The number of anilines is 2. The van der Waals surface area contributed by atoms with E-state index in [1.807, 2.05) is 30.5 Å². The number of aromatic nitrogens is 3. The van der Waals surface area contributed by atoms with E-state index < -0.39 is 48.8 Å². The normalized spacial score (nSPS) is 11.4. The molecular weight excluding hydrogens is 661 g/mol. The van der Waals surface area contributed by atoms with Crippen LogP contribution < -0.4 is 31.9 Å². The molecule has 0 radical (unpaired) electrons. The first-order chi connectivity index (χ1) is 24.2. The van der Waals surface area contributed by atoms with E-state index in [2.05, 4.69) is 38.2 Å². The predicted molar refractivity (Wildman–Crippen MR) is 193 cm³/mol. The van der Waals surface area contributed by atoms with Gasteiger partial charge in [-0.1, -0.05) is 18.2 Å². The van der Waals surface area contributed by atoms with Crippen LogP contribution in [0.15, 0.2) is 79.5 Å². The first-order valence-corrected chi connectivity index (χ1v) is 16.7. The number of hydrogen-bond acceptors (Lipinski definition) is 9. The first kappa shape index (κ1) is 37.3. The summed E-state index contributed by atoms with van der Waals surface area (Å²) >= 11 is 4.13. The van der Waals surface area contributed by atoms with Gasteiger partial charge in [0.05, 0.1) is 29.8 Å². The molecule has 0 saturated carbocycles. The summed E-state index contributed by atoms with van der Waals surface area (Å²) < 4.78 is 0. The van der Waals surface area contributed by atoms with Crippen molar-refractivity contribution in [2.24, 2.45) is 11.5 Å². The summed E-state index contributed by atoms with van der Waals surface area (Å²) in [4.78, 5) is 81.0. The number of pyridine rings is 2. The van der Waals surface area contributed by atoms with Gasteiger partial charge in [0.1, 0.15) is 19.6 Å². The molecular formula is C34H42N10O5S. The number of urea groups is 1. The lowest BCUT2D eigenvalue weighted by atomic mass is 10.1. The molecule has 4 rings (SSSR count). The highest BCUT2D eigenvalue weighted by molar-refractivity contribution is 7.80. The van der Waals surface area contributed by atoms with Gasteiger partial charge in [0.2, 0.25) is 23.6 Å². The molecule has 0 aliphatic rings. The fraction of sp³-hybridized carbons (Fsp3) is 0.324. The van der Waals surface area contributed by atoms with Crippen LogP contribution in [0.2, 0.25) is 0 Å². The van der Waals surface area contributed by atoms with E-state index in [0.717, 1.165) is 16.5 Å². The van der Waals surface area contributed by atoms with Crippen LogP contribution in [0.3, 0.4) is 0 Å². The summed E-state index contributed by atoms with van der Waals surface area (Å²) in [5.41, 5.74) is 14.0. The lowest BCUT2D eigenvalue weighted by molar-refractivity contribution is -0.135. The Morgan fingerprint density at radius 3 is 2.20 bits per heavy atom. The lowest BCUT2D eigenvalue weighted by Crippen LogP contribution is -2.52. The second-order valence-corrected chi connectivity index (χ2v) is 11.8. The van der Waals surface area contributed by atoms with E-state index in [-0.39, 0.29) is 26.1 Å². The van der Waals surface area contributed by atoms with Gasteiger partial charge in [0.25, 0.3) is 0 Å². The number of hydrogen-bond donors (Lipinski definition) is 6. The van der Waals surface area contributed by atoms with E-state index in [1.165, 1.54) is 33.3 Å². The predicted octanol–water partition coefficient (Wildman–Crippen LogP) is 1.22. The minimum absolute atomic E-state index is 0.124. The van der Waals surface area contributed by atoms with Crippen molar-refractivity contribution < 1.29 is 24.0 Å². The molecule has 0 saturated heterocycles. The molecule has 6 amide bonds. The third kappa shape index (κ3) is 10.8. The van der Waals surface area contributed by atoms with Crippen molar-refractivity contribution in [2.45, 2.75) is 25.3 Å². The van der Waals surface area contributed by atoms with Crippen molar-refractivity contribution in [3.8, 4) is 0 Å². The second-order valence-electron chi connectivity index (χ2n) is 11.4. The van der Waals surface area contributed by atoms with Crippen LogP contribution in [0.5, 0.6) is 0 Å². The molecule has 15 nitrogen and oxygen atoms in total. The maximum Gasteiger partial charge on any atom is 0.312 e. The van der Waals surface area contributed by atoms with Crippen molar-refractivity contribution in [2.75, 3.05) is 54.8 Å². The van der Waals surface area contributed by atoms with Gasteiger partial charge in [0.15, 0.2) is 0 Å². The third-order valence-corrected chi connectivity index (χ3v) is 8.05. The zero-order chi connectivity index (χ0) is 35.9. The molecule has 50 heavy (non-hydrogen) atoms. The Labute approximate surface area is 295 Å². The second kappa shape index (κ2) is 18.9. The standard InChI is InChI=1S/C34H42N10O5S/c35-28(9-5-14-40-34(36)49)33(48)44(26-7-4-13-38-20-26)23-31(46)42(16-11-24-18-41-29-10-2-1-8-27(24)29)22-32(47)43(21-30(45)39-15-17-50)25-6-3-12-37-19-25/h1-4,6-8,10,12-13,18-20,28,41,50H,5,9,11,14-17,21-23,35H2,(H,39,45)(H3,36,40,49). The van der Waals surface area contributed by atoms with Gasteiger partial charge in [-0.2, -0.15) is 12.6 Å². The summed E-state index contributed by atoms with van der Waals surface area (Å²) in [6.07, 6.45) is 8.84. The van der Waals surface area contributed by atoms with Crippen LogP contribution >= 0.6 is 12.6 Å². The molecule has 0 bridgehead atoms. The van der Waals surface area contributed by atoms with E-state index in [1.54, 1.807) is 30.5 Å². The molecule has 4 aromatic rings. The number of aromatic amines is 1. The highest BCUT2D eigenvalue weighted by Gasteiger charge is 2.29. The smallest absolute Gasteiger partial charge is 0.312 e. The first-order valence-electron chi connectivity index (χ1n) is 16.1. The number of para-hydroxylation sites is 1. The maximum absolute atomic E-state index is 14.2. The molecule has 0 fully saturated rings. The van der Waals surface area contributed by atoms with Crippen LogP contribution in [0, 0.1) is 0 Å². The summed E-state index contributed by atoms with van der Waals surface area (Å²) in [7, 11) is 0. The number of rotatable bonds is 18. The average molecular weight is 703 g/mol. The largest absolute Gasteiger partial charge is 0.361 e. The Morgan fingerprint density at radius 2 is 1.54 bits per heavy atom. The zero-order valence-electron chi connectivity index (χ0n) is 27.5. The van der Waals surface area contributed by atoms with Crippen molar-refractivity contribution in [1.82, 2.24) is 30.5 Å². The minimum Gasteiger partial charge on any atom is -0.361 e. The highest BCUT2D eigenvalue weighted by Crippen LogP contribution is 2.20. The number of amides is 6. The number of nitrogens with one attached hydrogen (secondary N) is 3. The van der Waals surface area contributed by atoms with E-state index in [0.29, 0.717) is 36.5 Å². The van der Waals surface area contributed by atoms with Crippen LogP contribution in [0.1, 0.15) is 18.4 Å². The summed E-state index contributed by atoms with van der Waals surface area (Å²) in [6, 6.07) is 12.6. The van der Waals surface area contributed by atoms with Crippen molar-refractivity contribution in [1.29, 1.82) is 0 Å².